The average molecular weight is 541 g/mol. The van der Waals surface area contributed by atoms with Crippen LogP contribution in [0.15, 0.2) is 59.1 Å². The zero-order valence-electron chi connectivity index (χ0n) is 22.5. The number of halogens is 1. The summed E-state index contributed by atoms with van der Waals surface area (Å²) in [4.78, 5) is 29.2. The molecule has 0 fully saturated rings. The molecule has 1 unspecified atom stereocenters. The van der Waals surface area contributed by atoms with Crippen molar-refractivity contribution in [1.82, 2.24) is 0 Å². The fourth-order valence-electron chi connectivity index (χ4n) is 5.30. The number of ether oxygens (including phenoxy) is 4. The lowest BCUT2D eigenvalue weighted by Gasteiger charge is -2.44. The summed E-state index contributed by atoms with van der Waals surface area (Å²) in [5.41, 5.74) is 9.20. The number of nitrogens with zero attached hydrogens (tertiary/aromatic N) is 1. The van der Waals surface area contributed by atoms with E-state index in [-0.39, 0.29) is 29.2 Å². The lowest BCUT2D eigenvalue weighted by Crippen LogP contribution is -2.43. The summed E-state index contributed by atoms with van der Waals surface area (Å²) in [5, 5.41) is 0.559. The number of allylic oxidation sites excluding steroid dienone is 2. The van der Waals surface area contributed by atoms with Crippen molar-refractivity contribution in [2.24, 2.45) is 11.1 Å². The number of esters is 1. The quantitative estimate of drug-likeness (QED) is 0.469. The first kappa shape index (κ1) is 27.4. The molecule has 0 amide bonds. The Kier molecular flexibility index (Phi) is 7.65. The van der Waals surface area contributed by atoms with Gasteiger partial charge in [-0.15, -0.1) is 0 Å². The molecule has 2 N–H and O–H groups in total. The Hall–Kier alpha value is -3.65. The molecule has 1 aliphatic heterocycles. The highest BCUT2D eigenvalue weighted by molar-refractivity contribution is 6.30. The van der Waals surface area contributed by atoms with Gasteiger partial charge in [0.15, 0.2) is 17.3 Å². The maximum atomic E-state index is 13.9. The number of carbonyl (C=O) groups is 2. The van der Waals surface area contributed by atoms with Crippen molar-refractivity contribution in [3.05, 3.63) is 69.6 Å². The first-order chi connectivity index (χ1) is 18.1. The maximum absolute atomic E-state index is 13.9. The summed E-state index contributed by atoms with van der Waals surface area (Å²) >= 11 is 6.16. The number of rotatable bonds is 7. The average Bonchev–Trinajstić information content (AvgIpc) is 2.87. The Morgan fingerprint density at radius 2 is 1.66 bits per heavy atom. The van der Waals surface area contributed by atoms with Gasteiger partial charge in [0.2, 0.25) is 5.75 Å². The lowest BCUT2D eigenvalue weighted by molar-refractivity contribution is -0.138. The number of ketones is 1. The Morgan fingerprint density at radius 3 is 2.18 bits per heavy atom. The normalized spacial score (nSPS) is 18.8. The van der Waals surface area contributed by atoms with Gasteiger partial charge in [-0.05, 0) is 60.7 Å². The molecule has 2 aromatic carbocycles. The van der Waals surface area contributed by atoms with E-state index < -0.39 is 11.9 Å². The molecule has 1 atom stereocenters. The Labute approximate surface area is 227 Å². The molecule has 1 heterocycles. The summed E-state index contributed by atoms with van der Waals surface area (Å²) in [6, 6.07) is 10.6. The highest BCUT2D eigenvalue weighted by Crippen LogP contribution is 2.52. The summed E-state index contributed by atoms with van der Waals surface area (Å²) in [6.45, 7) is 5.96. The minimum atomic E-state index is -0.801. The molecule has 2 aromatic rings. The topological polar surface area (TPSA) is 100 Å². The van der Waals surface area contributed by atoms with E-state index in [1.165, 1.54) is 21.3 Å². The predicted octanol–water partition coefficient (Wildman–Crippen LogP) is 5.35. The molecule has 0 bridgehead atoms. The van der Waals surface area contributed by atoms with Gasteiger partial charge in [-0.1, -0.05) is 25.4 Å². The summed E-state index contributed by atoms with van der Waals surface area (Å²) in [7, 11) is 4.54. The molecule has 9 heteroatoms. The number of hydrogen-bond donors (Lipinski definition) is 1. The van der Waals surface area contributed by atoms with Crippen molar-refractivity contribution in [1.29, 1.82) is 0 Å². The maximum Gasteiger partial charge on any atom is 0.338 e. The largest absolute Gasteiger partial charge is 0.493 e. The monoisotopic (exact) mass is 540 g/mol. The Balaban J connectivity index is 2.07. The molecule has 4 rings (SSSR count). The standard InChI is InChI=1S/C29H33ClN2O6/c1-7-38-28(34)25-23(16-12-21(35-4)26(37-6)22(13-16)36-5)24-19(14-29(2,3)15-20(24)33)32(27(25)31)18-10-8-17(30)9-11-18/h8-13,23H,7,14-15,31H2,1-6H3. The fraction of sp³-hybridized carbons (Fsp3) is 0.379. The molecule has 0 saturated heterocycles. The summed E-state index contributed by atoms with van der Waals surface area (Å²) in [6.07, 6.45) is 0.881. The van der Waals surface area contributed by atoms with Crippen molar-refractivity contribution in [3.8, 4) is 17.2 Å². The van der Waals surface area contributed by atoms with Gasteiger partial charge < -0.3 is 24.7 Å². The van der Waals surface area contributed by atoms with Crippen molar-refractivity contribution < 1.29 is 28.5 Å². The summed E-state index contributed by atoms with van der Waals surface area (Å²) in [5.74, 6) is -0.0878. The Bertz CT molecular complexity index is 1300. The van der Waals surface area contributed by atoms with Crippen molar-refractivity contribution in [2.45, 2.75) is 39.5 Å². The van der Waals surface area contributed by atoms with Crippen LogP contribution in [0.25, 0.3) is 0 Å². The van der Waals surface area contributed by atoms with Crippen LogP contribution in [0.4, 0.5) is 5.69 Å². The molecule has 0 saturated carbocycles. The first-order valence-corrected chi connectivity index (χ1v) is 12.7. The highest BCUT2D eigenvalue weighted by atomic mass is 35.5. The van der Waals surface area contributed by atoms with Crippen LogP contribution in [0.2, 0.25) is 5.02 Å². The van der Waals surface area contributed by atoms with E-state index in [2.05, 4.69) is 0 Å². The molecule has 1 aliphatic carbocycles. The third-order valence-electron chi connectivity index (χ3n) is 6.86. The van der Waals surface area contributed by atoms with Gasteiger partial charge in [-0.25, -0.2) is 4.79 Å². The minimum Gasteiger partial charge on any atom is -0.493 e. The van der Waals surface area contributed by atoms with Gasteiger partial charge in [-0.3, -0.25) is 9.69 Å². The zero-order chi connectivity index (χ0) is 27.8. The van der Waals surface area contributed by atoms with Gasteiger partial charge >= 0.3 is 5.97 Å². The molecule has 0 aromatic heterocycles. The van der Waals surface area contributed by atoms with Gasteiger partial charge in [0.25, 0.3) is 0 Å². The third kappa shape index (κ3) is 4.80. The van der Waals surface area contributed by atoms with Gasteiger partial charge in [0.05, 0.1) is 39.4 Å². The van der Waals surface area contributed by atoms with Gasteiger partial charge in [0.1, 0.15) is 5.82 Å². The van der Waals surface area contributed by atoms with E-state index in [0.29, 0.717) is 51.9 Å². The summed E-state index contributed by atoms with van der Waals surface area (Å²) < 4.78 is 22.1. The molecule has 202 valence electrons. The molecule has 0 radical (unpaired) electrons. The highest BCUT2D eigenvalue weighted by Gasteiger charge is 2.47. The lowest BCUT2D eigenvalue weighted by atomic mass is 9.68. The van der Waals surface area contributed by atoms with Crippen molar-refractivity contribution >= 4 is 29.0 Å². The number of nitrogens with two attached hydrogens (primary N) is 1. The fourth-order valence-corrected chi connectivity index (χ4v) is 5.43. The number of methoxy groups -OCH3 is 3. The number of benzene rings is 2. The van der Waals surface area contributed by atoms with Crippen molar-refractivity contribution in [3.63, 3.8) is 0 Å². The van der Waals surface area contributed by atoms with E-state index in [9.17, 15) is 9.59 Å². The minimum absolute atomic E-state index is 0.0664. The van der Waals surface area contributed by atoms with Crippen LogP contribution in [0, 0.1) is 5.41 Å². The van der Waals surface area contributed by atoms with Crippen LogP contribution in [0.5, 0.6) is 17.2 Å². The second-order valence-electron chi connectivity index (χ2n) is 10.0. The van der Waals surface area contributed by atoms with Gasteiger partial charge in [-0.2, -0.15) is 0 Å². The molecule has 8 nitrogen and oxygen atoms in total. The van der Waals surface area contributed by atoms with Crippen LogP contribution >= 0.6 is 11.6 Å². The SMILES string of the molecule is CCOC(=O)C1=C(N)N(c2ccc(Cl)cc2)C2=C(C(=O)CC(C)(C)C2)C1c1cc(OC)c(OC)c(OC)c1. The van der Waals surface area contributed by atoms with Crippen LogP contribution in [-0.4, -0.2) is 39.7 Å². The third-order valence-corrected chi connectivity index (χ3v) is 7.11. The molecule has 0 spiro atoms. The smallest absolute Gasteiger partial charge is 0.338 e. The van der Waals surface area contributed by atoms with Gasteiger partial charge in [0, 0.05) is 28.4 Å². The first-order valence-electron chi connectivity index (χ1n) is 12.4. The van der Waals surface area contributed by atoms with E-state index >= 15 is 0 Å². The second-order valence-corrected chi connectivity index (χ2v) is 10.5. The van der Waals surface area contributed by atoms with Crippen LogP contribution < -0.4 is 24.8 Å². The van der Waals surface area contributed by atoms with Crippen LogP contribution in [-0.2, 0) is 14.3 Å². The van der Waals surface area contributed by atoms with Crippen LogP contribution in [0.3, 0.4) is 0 Å². The number of Topliss-reactive ketones (excluding diaryl/α,β-unsaturated/α-hetero) is 1. The van der Waals surface area contributed by atoms with E-state index in [0.717, 1.165) is 5.70 Å². The molecular formula is C29H33ClN2O6. The number of hydrogen-bond acceptors (Lipinski definition) is 8. The second kappa shape index (κ2) is 10.6. The predicted molar refractivity (Wildman–Crippen MR) is 146 cm³/mol. The molecule has 38 heavy (non-hydrogen) atoms. The zero-order valence-corrected chi connectivity index (χ0v) is 23.3. The van der Waals surface area contributed by atoms with Crippen molar-refractivity contribution in [2.75, 3.05) is 32.8 Å². The molecule has 2 aliphatic rings. The van der Waals surface area contributed by atoms with Crippen LogP contribution in [0.1, 0.15) is 45.1 Å². The van der Waals surface area contributed by atoms with E-state index in [1.807, 2.05) is 26.0 Å². The van der Waals surface area contributed by atoms with E-state index in [4.69, 9.17) is 36.3 Å². The Morgan fingerprint density at radius 1 is 1.05 bits per heavy atom. The number of anilines is 1. The molecular weight excluding hydrogens is 508 g/mol. The number of carbonyl (C=O) groups excluding carboxylic acids is 2. The van der Waals surface area contributed by atoms with E-state index in [1.54, 1.807) is 36.1 Å².